The summed E-state index contributed by atoms with van der Waals surface area (Å²) in [6.45, 7) is 7.28. The van der Waals surface area contributed by atoms with Gasteiger partial charge in [-0.3, -0.25) is 14.4 Å². The van der Waals surface area contributed by atoms with Crippen LogP contribution in [0.1, 0.15) is 56.3 Å². The van der Waals surface area contributed by atoms with E-state index < -0.39 is 12.1 Å². The molecular formula is C33H40N4O6. The van der Waals surface area contributed by atoms with Gasteiger partial charge < -0.3 is 30.2 Å². The molecule has 0 saturated heterocycles. The van der Waals surface area contributed by atoms with Gasteiger partial charge in [0.1, 0.15) is 11.9 Å². The summed E-state index contributed by atoms with van der Waals surface area (Å²) in [6, 6.07) is 9.50. The van der Waals surface area contributed by atoms with E-state index in [4.69, 9.17) is 14.2 Å². The molecule has 0 aliphatic heterocycles. The first-order chi connectivity index (χ1) is 20.6. The average molecular weight is 589 g/mol. The maximum absolute atomic E-state index is 13.8. The zero-order valence-corrected chi connectivity index (χ0v) is 25.8. The molecule has 0 fully saturated rings. The van der Waals surface area contributed by atoms with Crippen LogP contribution in [0.5, 0.6) is 17.2 Å². The fourth-order valence-corrected chi connectivity index (χ4v) is 5.51. The molecule has 0 bridgehead atoms. The number of pyridine rings is 1. The van der Waals surface area contributed by atoms with Crippen LogP contribution < -0.4 is 35.6 Å². The van der Waals surface area contributed by atoms with Gasteiger partial charge in [0.2, 0.25) is 23.0 Å². The molecule has 10 heteroatoms. The Morgan fingerprint density at radius 1 is 1.07 bits per heavy atom. The monoisotopic (exact) mass is 588 g/mol. The highest BCUT2D eigenvalue weighted by Gasteiger charge is 2.30. The van der Waals surface area contributed by atoms with Crippen molar-refractivity contribution in [1.82, 2.24) is 10.3 Å². The van der Waals surface area contributed by atoms with Gasteiger partial charge in [0, 0.05) is 18.7 Å². The second-order valence-corrected chi connectivity index (χ2v) is 10.8. The van der Waals surface area contributed by atoms with Crippen molar-refractivity contribution in [3.05, 3.63) is 69.5 Å². The van der Waals surface area contributed by atoms with E-state index in [1.54, 1.807) is 39.7 Å². The summed E-state index contributed by atoms with van der Waals surface area (Å²) in [6.07, 6.45) is 3.47. The predicted octanol–water partition coefficient (Wildman–Crippen LogP) is 5.03. The third kappa shape index (κ3) is 6.58. The van der Waals surface area contributed by atoms with E-state index in [2.05, 4.69) is 20.9 Å². The van der Waals surface area contributed by atoms with Crippen molar-refractivity contribution in [3.63, 3.8) is 0 Å². The van der Waals surface area contributed by atoms with Crippen LogP contribution in [0.25, 0.3) is 11.1 Å². The van der Waals surface area contributed by atoms with Crippen molar-refractivity contribution in [1.29, 1.82) is 0 Å². The van der Waals surface area contributed by atoms with Crippen molar-refractivity contribution in [2.75, 3.05) is 32.0 Å². The van der Waals surface area contributed by atoms with E-state index in [1.165, 1.54) is 13.0 Å². The van der Waals surface area contributed by atoms with Gasteiger partial charge in [-0.1, -0.05) is 32.4 Å². The molecule has 2 amide bonds. The quantitative estimate of drug-likeness (QED) is 0.301. The Morgan fingerprint density at radius 2 is 1.81 bits per heavy atom. The molecule has 3 N–H and O–H groups in total. The number of methoxy groups -OCH3 is 3. The number of nitrogens with one attached hydrogen (secondary N) is 3. The smallest absolute Gasteiger partial charge is 0.248 e. The molecule has 0 spiro atoms. The number of carbonyl (C=O) groups excluding carboxylic acids is 2. The lowest BCUT2D eigenvalue weighted by molar-refractivity contribution is -0.120. The molecule has 3 atom stereocenters. The lowest BCUT2D eigenvalue weighted by Crippen LogP contribution is -2.41. The maximum Gasteiger partial charge on any atom is 0.248 e. The summed E-state index contributed by atoms with van der Waals surface area (Å²) in [7, 11) is 4.66. The highest BCUT2D eigenvalue weighted by atomic mass is 16.5. The number of amides is 2. The fraction of sp³-hybridized carbons (Fsp3) is 0.394. The molecule has 0 radical (unpaired) electrons. The second-order valence-electron chi connectivity index (χ2n) is 10.8. The minimum absolute atomic E-state index is 0.101. The Bertz CT molecular complexity index is 1570. The molecule has 4 rings (SSSR count). The van der Waals surface area contributed by atoms with E-state index >= 15 is 0 Å². The molecule has 1 heterocycles. The maximum atomic E-state index is 13.8. The van der Waals surface area contributed by atoms with Crippen molar-refractivity contribution < 1.29 is 23.8 Å². The van der Waals surface area contributed by atoms with E-state index in [0.717, 1.165) is 16.7 Å². The predicted molar refractivity (Wildman–Crippen MR) is 167 cm³/mol. The fourth-order valence-electron chi connectivity index (χ4n) is 5.51. The molecule has 3 aromatic rings. The number of benzene rings is 1. The van der Waals surface area contributed by atoms with Crippen LogP contribution in [-0.4, -0.2) is 44.2 Å². The number of aryl methyl sites for hydroxylation is 2. The number of rotatable bonds is 10. The molecule has 0 saturated carbocycles. The standard InChI is InChI=1S/C33H40N4O6/c1-8-18(2)29(33(40)37-32-19(3)10-9-15-34-32)36-25-14-12-22-23(17-26(25)39)24(35-20(4)38)13-11-21-16-27(41-5)30(42-6)31(43-7)28(21)22/h9-10,12,14-18,24,29H,8,11,13H2,1-7H3,(H,35,38)(H,36,39)(H,34,37,40)/t18-,24+,29+/m1/s1. The molecule has 2 aromatic carbocycles. The first kappa shape index (κ1) is 31.3. The third-order valence-electron chi connectivity index (χ3n) is 7.97. The third-order valence-corrected chi connectivity index (χ3v) is 7.97. The molecule has 43 heavy (non-hydrogen) atoms. The van der Waals surface area contributed by atoms with Crippen LogP contribution in [0.4, 0.5) is 11.5 Å². The van der Waals surface area contributed by atoms with Gasteiger partial charge in [0.15, 0.2) is 11.5 Å². The summed E-state index contributed by atoms with van der Waals surface area (Å²) < 4.78 is 17.1. The van der Waals surface area contributed by atoms with Gasteiger partial charge in [0.25, 0.3) is 0 Å². The number of carbonyl (C=O) groups is 2. The van der Waals surface area contributed by atoms with E-state index in [-0.39, 0.29) is 28.8 Å². The summed E-state index contributed by atoms with van der Waals surface area (Å²) in [4.78, 5) is 43.9. The summed E-state index contributed by atoms with van der Waals surface area (Å²) in [5, 5.41) is 9.16. The topological polar surface area (TPSA) is 128 Å². The number of nitrogens with zero attached hydrogens (tertiary/aromatic N) is 1. The summed E-state index contributed by atoms with van der Waals surface area (Å²) in [5.74, 6) is 1.30. The van der Waals surface area contributed by atoms with Crippen LogP contribution in [0.15, 0.2) is 47.4 Å². The van der Waals surface area contributed by atoms with Crippen LogP contribution in [0, 0.1) is 12.8 Å². The van der Waals surface area contributed by atoms with E-state index in [0.29, 0.717) is 53.5 Å². The van der Waals surface area contributed by atoms with Gasteiger partial charge in [-0.05, 0) is 72.2 Å². The Morgan fingerprint density at radius 3 is 2.44 bits per heavy atom. The average Bonchev–Trinajstić information content (AvgIpc) is 3.23. The van der Waals surface area contributed by atoms with E-state index in [9.17, 15) is 14.4 Å². The highest BCUT2D eigenvalue weighted by molar-refractivity contribution is 5.96. The van der Waals surface area contributed by atoms with Crippen LogP contribution in [-0.2, 0) is 16.0 Å². The van der Waals surface area contributed by atoms with Gasteiger partial charge >= 0.3 is 0 Å². The number of anilines is 2. The van der Waals surface area contributed by atoms with Crippen LogP contribution in [0.2, 0.25) is 0 Å². The zero-order chi connectivity index (χ0) is 31.3. The molecule has 1 aliphatic carbocycles. The number of ether oxygens (including phenoxy) is 3. The highest BCUT2D eigenvalue weighted by Crippen LogP contribution is 2.50. The molecule has 10 nitrogen and oxygen atoms in total. The van der Waals surface area contributed by atoms with Crippen molar-refractivity contribution in [2.24, 2.45) is 5.92 Å². The Balaban J connectivity index is 1.87. The Labute approximate surface area is 252 Å². The Kier molecular flexibility index (Phi) is 9.90. The van der Waals surface area contributed by atoms with Gasteiger partial charge in [0.05, 0.1) is 33.1 Å². The molecule has 1 aliphatic rings. The lowest BCUT2D eigenvalue weighted by atomic mass is 9.95. The molecule has 228 valence electrons. The van der Waals surface area contributed by atoms with Crippen LogP contribution >= 0.6 is 0 Å². The second kappa shape index (κ2) is 13.6. The van der Waals surface area contributed by atoms with Crippen molar-refractivity contribution >= 4 is 23.3 Å². The van der Waals surface area contributed by atoms with Gasteiger partial charge in [-0.15, -0.1) is 0 Å². The van der Waals surface area contributed by atoms with Gasteiger partial charge in [-0.2, -0.15) is 0 Å². The number of fused-ring (bicyclic) bond motifs is 3. The molecule has 0 unspecified atom stereocenters. The normalized spacial score (nSPS) is 15.1. The molecular weight excluding hydrogens is 548 g/mol. The first-order valence-electron chi connectivity index (χ1n) is 14.4. The van der Waals surface area contributed by atoms with Crippen molar-refractivity contribution in [3.8, 4) is 28.4 Å². The number of hydrogen-bond donors (Lipinski definition) is 3. The number of hydrogen-bond acceptors (Lipinski definition) is 8. The minimum atomic E-state index is -0.710. The van der Waals surface area contributed by atoms with Crippen molar-refractivity contribution in [2.45, 2.75) is 59.0 Å². The first-order valence-corrected chi connectivity index (χ1v) is 14.4. The SMILES string of the molecule is CC[C@@H](C)[C@H](Nc1ccc2c(cc1=O)[C@@H](NC(C)=O)CCc1cc(OC)c(OC)c(OC)c1-2)C(=O)Nc1ncccc1C. The zero-order valence-electron chi connectivity index (χ0n) is 25.8. The largest absolute Gasteiger partial charge is 0.493 e. The lowest BCUT2D eigenvalue weighted by Gasteiger charge is -2.24. The Hall–Kier alpha value is -4.60. The minimum Gasteiger partial charge on any atom is -0.493 e. The van der Waals surface area contributed by atoms with Gasteiger partial charge in [-0.25, -0.2) is 4.98 Å². The summed E-state index contributed by atoms with van der Waals surface area (Å²) >= 11 is 0. The van der Waals surface area contributed by atoms with E-state index in [1.807, 2.05) is 39.0 Å². The molecule has 1 aromatic heterocycles. The summed E-state index contributed by atoms with van der Waals surface area (Å²) in [5.41, 5.74) is 3.82. The van der Waals surface area contributed by atoms with Crippen LogP contribution in [0.3, 0.4) is 0 Å². The number of aromatic nitrogens is 1.